The summed E-state index contributed by atoms with van der Waals surface area (Å²) in [6, 6.07) is 14.0. The number of benzene rings is 4. The minimum atomic E-state index is -2.30. The number of ether oxygens (including phenoxy) is 1. The molecule has 4 aromatic carbocycles. The standard InChI is InChI=1S/C60H73N7O17/c1-5-6-7-26-84-42-24-12-35(13-25-42)9-8-34-10-14-36(15-11-34)37-16-18-39(19-17-37)53(76)61-43-28-45(72)56(79)65-58(81)49-50(73)31(2)29-67(49)60(83)47(33(4)69)63-57(80)48(52(75)51(74)38-20-22-40(70)23-21-38)64-55(78)44-27-41(71)30-66(44)59(82)46(32(3)68)62-54(43)77/h10-25,31-33,41,43-52,56,68-75,79H,5-7,26-30H2,1-4H3,(H,61,76)(H,62,77)(H,63,80)(H,64,78)(H,65,81)/t31-,32+,33+,41+,43-,44-,45+,46-,47-,48-,49-,50-,51-,52-,56+/m0/s1. The molecule has 0 aliphatic carbocycles. The molecule has 14 N–H and O–H groups in total. The van der Waals surface area contributed by atoms with E-state index in [0.29, 0.717) is 12.2 Å². The fraction of sp³-hybridized carbons (Fsp3) is 0.450. The number of aromatic hydroxyl groups is 1. The van der Waals surface area contributed by atoms with Crippen LogP contribution in [-0.2, 0) is 28.8 Å². The monoisotopic (exact) mass is 1160 g/mol. The third kappa shape index (κ3) is 15.6. The molecule has 84 heavy (non-hydrogen) atoms. The summed E-state index contributed by atoms with van der Waals surface area (Å²) in [7, 11) is 0. The zero-order valence-corrected chi connectivity index (χ0v) is 46.7. The molecule has 3 heterocycles. The van der Waals surface area contributed by atoms with Crippen molar-refractivity contribution in [2.24, 2.45) is 5.92 Å². The second kappa shape index (κ2) is 28.5. The molecule has 0 saturated carbocycles. The zero-order chi connectivity index (χ0) is 61.1. The number of nitrogens with zero attached hydrogens (tertiary/aromatic N) is 2. The highest BCUT2D eigenvalue weighted by Crippen LogP contribution is 2.28. The molecule has 24 heteroatoms. The number of phenols is 1. The van der Waals surface area contributed by atoms with Crippen molar-refractivity contribution in [1.82, 2.24) is 36.4 Å². The number of unbranched alkanes of at least 4 members (excludes halogenated alkanes) is 2. The van der Waals surface area contributed by atoms with Crippen molar-refractivity contribution in [3.63, 3.8) is 0 Å². The normalized spacial score (nSPS) is 27.0. The zero-order valence-electron chi connectivity index (χ0n) is 46.7. The quantitative estimate of drug-likeness (QED) is 0.0553. The summed E-state index contributed by atoms with van der Waals surface area (Å²) >= 11 is 0. The van der Waals surface area contributed by atoms with Crippen LogP contribution in [0.15, 0.2) is 97.1 Å². The molecule has 7 rings (SSSR count). The Bertz CT molecular complexity index is 3030. The largest absolute Gasteiger partial charge is 0.508 e. The van der Waals surface area contributed by atoms with Gasteiger partial charge in [0.05, 0.1) is 31.0 Å². The highest BCUT2D eigenvalue weighted by Gasteiger charge is 2.50. The highest BCUT2D eigenvalue weighted by molar-refractivity contribution is 6.00. The number of hydrogen-bond acceptors (Lipinski definition) is 17. The predicted octanol–water partition coefficient (Wildman–Crippen LogP) is -1.19. The van der Waals surface area contributed by atoms with Crippen molar-refractivity contribution < 1.29 is 84.3 Å². The van der Waals surface area contributed by atoms with Crippen LogP contribution in [0.25, 0.3) is 11.1 Å². The van der Waals surface area contributed by atoms with Crippen LogP contribution in [0.4, 0.5) is 0 Å². The number of phenolic OH excluding ortho intramolecular Hbond substituents is 1. The Hall–Kier alpha value is -7.99. The lowest BCUT2D eigenvalue weighted by molar-refractivity contribution is -0.148. The van der Waals surface area contributed by atoms with E-state index in [9.17, 15) is 79.5 Å². The van der Waals surface area contributed by atoms with Crippen molar-refractivity contribution in [2.75, 3.05) is 19.7 Å². The Kier molecular flexibility index (Phi) is 21.6. The topological polar surface area (TPSA) is 377 Å². The van der Waals surface area contributed by atoms with E-state index >= 15 is 0 Å². The average Bonchev–Trinajstić information content (AvgIpc) is 4.22. The SMILES string of the molecule is CCCCCOc1ccc(C#Cc2ccc(-c3ccc(C(=O)N[C@H]4C[C@@H](O)[C@@H](O)NC(=O)[C@@H]5[C@@H](O)[C@@H](C)CN5C(=O)[C@H]([C@@H](C)O)NC(=O)[C@H]([C@H](O)[C@@H](O)c5ccc(O)cc5)NC(=O)[C@@H]5C[C@@H](O)CN5C(=O)[C@H]([C@@H](C)O)NC4=O)cc3)cc2)cc1. The lowest BCUT2D eigenvalue weighted by Gasteiger charge is -2.34. The fourth-order valence-corrected chi connectivity index (χ4v) is 10.1. The van der Waals surface area contributed by atoms with Gasteiger partial charge in [-0.1, -0.05) is 74.9 Å². The van der Waals surface area contributed by atoms with Crippen LogP contribution in [0.1, 0.15) is 93.0 Å². The van der Waals surface area contributed by atoms with Crippen molar-refractivity contribution in [2.45, 2.75) is 145 Å². The number of hydrogen-bond donors (Lipinski definition) is 14. The van der Waals surface area contributed by atoms with E-state index in [0.717, 1.165) is 77.5 Å². The van der Waals surface area contributed by atoms with E-state index in [1.165, 1.54) is 31.2 Å². The van der Waals surface area contributed by atoms with Gasteiger partial charge < -0.3 is 87.1 Å². The lowest BCUT2D eigenvalue weighted by atomic mass is 9.96. The Morgan fingerprint density at radius 1 is 0.655 bits per heavy atom. The third-order valence-electron chi connectivity index (χ3n) is 15.1. The lowest BCUT2D eigenvalue weighted by Crippen LogP contribution is -2.64. The molecule has 0 radical (unpaired) electrons. The van der Waals surface area contributed by atoms with Crippen LogP contribution in [-0.4, -0.2) is 196 Å². The third-order valence-corrected chi connectivity index (χ3v) is 15.1. The summed E-state index contributed by atoms with van der Waals surface area (Å²) in [6.45, 7) is 5.46. The Morgan fingerprint density at radius 3 is 1.79 bits per heavy atom. The average molecular weight is 1160 g/mol. The molecule has 3 fully saturated rings. The van der Waals surface area contributed by atoms with Gasteiger partial charge in [0, 0.05) is 48.5 Å². The molecule has 3 aliphatic heterocycles. The maximum Gasteiger partial charge on any atom is 0.251 e. The van der Waals surface area contributed by atoms with Gasteiger partial charge in [-0.15, -0.1) is 0 Å². The summed E-state index contributed by atoms with van der Waals surface area (Å²) < 4.78 is 5.79. The number of carbonyl (C=O) groups is 7. The van der Waals surface area contributed by atoms with Crippen LogP contribution in [0.5, 0.6) is 11.5 Å². The smallest absolute Gasteiger partial charge is 0.251 e. The maximum absolute atomic E-state index is 14.5. The molecule has 0 aromatic heterocycles. The minimum Gasteiger partial charge on any atom is -0.508 e. The molecule has 0 bridgehead atoms. The maximum atomic E-state index is 14.5. The molecule has 15 atom stereocenters. The van der Waals surface area contributed by atoms with Crippen LogP contribution in [0.2, 0.25) is 0 Å². The van der Waals surface area contributed by atoms with E-state index < -0.39 is 152 Å². The second-order valence-electron chi connectivity index (χ2n) is 21.5. The minimum absolute atomic E-state index is 0.00300. The number of rotatable bonds is 13. The number of carbonyl (C=O) groups excluding carboxylic acids is 7. The molecule has 4 aromatic rings. The Labute approximate surface area is 484 Å². The summed E-state index contributed by atoms with van der Waals surface area (Å²) in [5.74, 6) is -2.44. The highest BCUT2D eigenvalue weighted by atomic mass is 16.5. The van der Waals surface area contributed by atoms with Gasteiger partial charge in [-0.2, -0.15) is 0 Å². The summed E-state index contributed by atoms with van der Waals surface area (Å²) in [5, 5.41) is 111. The first-order valence-corrected chi connectivity index (χ1v) is 27.8. The van der Waals surface area contributed by atoms with E-state index in [2.05, 4.69) is 45.3 Å². The first-order valence-electron chi connectivity index (χ1n) is 27.8. The number of fused-ring (bicyclic) bond motifs is 2. The van der Waals surface area contributed by atoms with E-state index in [4.69, 9.17) is 4.74 Å². The van der Waals surface area contributed by atoms with Gasteiger partial charge in [0.2, 0.25) is 35.4 Å². The van der Waals surface area contributed by atoms with Crippen LogP contribution >= 0.6 is 0 Å². The summed E-state index contributed by atoms with van der Waals surface area (Å²) in [4.78, 5) is 102. The van der Waals surface area contributed by atoms with Gasteiger partial charge in [-0.05, 0) is 97.6 Å². The van der Waals surface area contributed by atoms with Crippen molar-refractivity contribution in [1.29, 1.82) is 0 Å². The molecular weight excluding hydrogens is 1090 g/mol. The predicted molar refractivity (Wildman–Crippen MR) is 300 cm³/mol. The van der Waals surface area contributed by atoms with Crippen LogP contribution in [0.3, 0.4) is 0 Å². The summed E-state index contributed by atoms with van der Waals surface area (Å²) in [6.07, 6.45) is -13.6. The first-order chi connectivity index (χ1) is 39.9. The molecule has 7 amide bonds. The fourth-order valence-electron chi connectivity index (χ4n) is 10.1. The van der Waals surface area contributed by atoms with E-state index in [1.54, 1.807) is 12.1 Å². The van der Waals surface area contributed by atoms with E-state index in [-0.39, 0.29) is 23.4 Å². The number of nitrogens with one attached hydrogen (secondary N) is 5. The van der Waals surface area contributed by atoms with Crippen molar-refractivity contribution in [3.05, 3.63) is 119 Å². The molecule has 450 valence electrons. The van der Waals surface area contributed by atoms with Gasteiger partial charge >= 0.3 is 0 Å². The molecule has 24 nitrogen and oxygen atoms in total. The molecule has 0 unspecified atom stereocenters. The van der Waals surface area contributed by atoms with Crippen LogP contribution in [0, 0.1) is 17.8 Å². The molecular formula is C60H73N7O17. The van der Waals surface area contributed by atoms with Gasteiger partial charge in [0.15, 0.2) is 6.23 Å². The van der Waals surface area contributed by atoms with Gasteiger partial charge in [0.25, 0.3) is 5.91 Å². The van der Waals surface area contributed by atoms with Gasteiger partial charge in [-0.25, -0.2) is 0 Å². The summed E-state index contributed by atoms with van der Waals surface area (Å²) in [5.41, 5.74) is 2.92. The van der Waals surface area contributed by atoms with Gasteiger partial charge in [-0.3, -0.25) is 33.6 Å². The molecule has 0 spiro atoms. The number of aliphatic hydroxyl groups excluding tert-OH is 8. The van der Waals surface area contributed by atoms with Crippen molar-refractivity contribution >= 4 is 41.4 Å². The molecule has 3 saturated heterocycles. The van der Waals surface area contributed by atoms with Gasteiger partial charge in [0.1, 0.15) is 66.1 Å². The van der Waals surface area contributed by atoms with Crippen molar-refractivity contribution in [3.8, 4) is 34.5 Å². The first kappa shape index (κ1) is 63.6. The number of aliphatic hydroxyl groups is 8. The molecule has 3 aliphatic rings. The Balaban J connectivity index is 1.16. The van der Waals surface area contributed by atoms with Crippen LogP contribution < -0.4 is 31.3 Å². The Morgan fingerprint density at radius 2 is 1.20 bits per heavy atom. The van der Waals surface area contributed by atoms with E-state index in [1.807, 2.05) is 48.5 Å². The second-order valence-corrected chi connectivity index (χ2v) is 21.5. The number of amides is 7.